The number of hydrogen-bond acceptors (Lipinski definition) is 4. The van der Waals surface area contributed by atoms with E-state index < -0.39 is 12.2 Å². The largest absolute Gasteiger partial charge is 0.453 e. The maximum Gasteiger partial charge on any atom is 0.320 e. The van der Waals surface area contributed by atoms with Gasteiger partial charge in [-0.2, -0.15) is 5.06 Å². The molecule has 0 aliphatic carbocycles. The lowest BCUT2D eigenvalue weighted by Gasteiger charge is -2.26. The first-order chi connectivity index (χ1) is 6.20. The minimum Gasteiger partial charge on any atom is -0.453 e. The number of fused-ring (bicyclic) bond motifs is 1. The Morgan fingerprint density at radius 3 is 2.85 bits per heavy atom. The maximum absolute atomic E-state index is 11.0. The van der Waals surface area contributed by atoms with Crippen molar-refractivity contribution in [3.63, 3.8) is 0 Å². The molecule has 1 atom stereocenters. The molecule has 0 fully saturated rings. The minimum atomic E-state index is -1.63. The summed E-state index contributed by atoms with van der Waals surface area (Å²) in [5.41, 5.74) is 0.234. The fourth-order valence-electron chi connectivity index (χ4n) is 1.13. The van der Waals surface area contributed by atoms with Gasteiger partial charge < -0.3 is 9.84 Å². The number of carbonyl (C=O) groups is 1. The van der Waals surface area contributed by atoms with Crippen LogP contribution in [0.15, 0.2) is 24.3 Å². The lowest BCUT2D eigenvalue weighted by Crippen LogP contribution is -2.43. The lowest BCUT2D eigenvalue weighted by atomic mass is 10.2. The molecule has 0 bridgehead atoms. The Balaban J connectivity index is 2.49. The van der Waals surface area contributed by atoms with Crippen LogP contribution in [-0.4, -0.2) is 22.5 Å². The van der Waals surface area contributed by atoms with Gasteiger partial charge in [-0.3, -0.25) is 10.0 Å². The van der Waals surface area contributed by atoms with E-state index in [-0.39, 0.29) is 11.4 Å². The number of amides is 1. The molecule has 13 heavy (non-hydrogen) atoms. The van der Waals surface area contributed by atoms with Crippen molar-refractivity contribution in [3.8, 4) is 5.75 Å². The average Bonchev–Trinajstić information content (AvgIpc) is 2.15. The van der Waals surface area contributed by atoms with Gasteiger partial charge in [0, 0.05) is 0 Å². The van der Waals surface area contributed by atoms with E-state index in [1.807, 2.05) is 0 Å². The summed E-state index contributed by atoms with van der Waals surface area (Å²) >= 11 is 0. The van der Waals surface area contributed by atoms with Crippen molar-refractivity contribution in [2.45, 2.75) is 6.29 Å². The van der Waals surface area contributed by atoms with Crippen LogP contribution in [-0.2, 0) is 4.79 Å². The summed E-state index contributed by atoms with van der Waals surface area (Å²) in [7, 11) is 0. The van der Waals surface area contributed by atoms with Crippen LogP contribution in [0.1, 0.15) is 0 Å². The number of aliphatic hydroxyl groups is 1. The molecule has 1 heterocycles. The molecular weight excluding hydrogens is 174 g/mol. The molecule has 1 aromatic carbocycles. The Hall–Kier alpha value is -1.59. The first kappa shape index (κ1) is 8.03. The van der Waals surface area contributed by atoms with E-state index in [9.17, 15) is 10.0 Å². The van der Waals surface area contributed by atoms with Crippen molar-refractivity contribution in [1.82, 2.24) is 0 Å². The van der Waals surface area contributed by atoms with Crippen LogP contribution in [0.25, 0.3) is 0 Å². The highest BCUT2D eigenvalue weighted by atomic mass is 16.6. The molecule has 0 radical (unpaired) electrons. The Bertz CT molecular complexity index is 352. The van der Waals surface area contributed by atoms with Crippen LogP contribution in [0, 0.1) is 0 Å². The van der Waals surface area contributed by atoms with E-state index in [0.29, 0.717) is 5.06 Å². The van der Waals surface area contributed by atoms with Crippen LogP contribution < -0.4 is 9.80 Å². The van der Waals surface area contributed by atoms with Gasteiger partial charge in [0.25, 0.3) is 6.29 Å². The van der Waals surface area contributed by atoms with Crippen molar-refractivity contribution in [2.75, 3.05) is 5.06 Å². The van der Waals surface area contributed by atoms with E-state index in [0.717, 1.165) is 0 Å². The first-order valence-corrected chi connectivity index (χ1v) is 3.67. The van der Waals surface area contributed by atoms with Gasteiger partial charge in [0.2, 0.25) is 0 Å². The Labute approximate surface area is 73.7 Å². The first-order valence-electron chi connectivity index (χ1n) is 3.67. The zero-order valence-corrected chi connectivity index (χ0v) is 6.54. The van der Waals surface area contributed by atoms with Gasteiger partial charge in [-0.05, 0) is 12.1 Å². The van der Waals surface area contributed by atoms with Crippen molar-refractivity contribution < 1.29 is 19.8 Å². The fourth-order valence-corrected chi connectivity index (χ4v) is 1.13. The molecule has 2 N–H and O–H groups in total. The smallest absolute Gasteiger partial charge is 0.320 e. The van der Waals surface area contributed by atoms with E-state index in [4.69, 9.17) is 9.84 Å². The molecule has 0 aromatic heterocycles. The summed E-state index contributed by atoms with van der Waals surface area (Å²) < 4.78 is 4.82. The highest BCUT2D eigenvalue weighted by molar-refractivity contribution is 5.96. The van der Waals surface area contributed by atoms with Gasteiger partial charge in [0.05, 0.1) is 0 Å². The highest BCUT2D eigenvalue weighted by Crippen LogP contribution is 2.31. The summed E-state index contributed by atoms with van der Waals surface area (Å²) in [5, 5.41) is 18.6. The van der Waals surface area contributed by atoms with Crippen molar-refractivity contribution in [1.29, 1.82) is 0 Å². The SMILES string of the molecule is O=C1[C@H](O)Oc2ccccc2N1O. The second-order valence-corrected chi connectivity index (χ2v) is 2.59. The molecular formula is C8H7NO4. The summed E-state index contributed by atoms with van der Waals surface area (Å²) in [6, 6.07) is 6.39. The molecule has 5 heteroatoms. The van der Waals surface area contributed by atoms with Gasteiger partial charge in [-0.1, -0.05) is 12.1 Å². The third-order valence-corrected chi connectivity index (χ3v) is 1.75. The van der Waals surface area contributed by atoms with Crippen LogP contribution in [0.3, 0.4) is 0 Å². The monoisotopic (exact) mass is 181 g/mol. The second kappa shape index (κ2) is 2.72. The standard InChI is InChI=1S/C8H7NO4/c10-7-8(11)13-6-4-2-1-3-5(6)9(7)12/h1-4,8,11-12H/t8-/m1/s1. The van der Waals surface area contributed by atoms with Crippen LogP contribution >= 0.6 is 0 Å². The molecule has 1 amide bonds. The molecule has 0 unspecified atom stereocenters. The molecule has 0 saturated heterocycles. The van der Waals surface area contributed by atoms with Gasteiger partial charge in [0.15, 0.2) is 0 Å². The Morgan fingerprint density at radius 2 is 2.08 bits per heavy atom. The Kier molecular flexibility index (Phi) is 1.68. The van der Waals surface area contributed by atoms with Crippen LogP contribution in [0.2, 0.25) is 0 Å². The van der Waals surface area contributed by atoms with E-state index >= 15 is 0 Å². The molecule has 1 aliphatic heterocycles. The maximum atomic E-state index is 11.0. The fraction of sp³-hybridized carbons (Fsp3) is 0.125. The number of para-hydroxylation sites is 2. The van der Waals surface area contributed by atoms with Crippen molar-refractivity contribution >= 4 is 11.6 Å². The lowest BCUT2D eigenvalue weighted by molar-refractivity contribution is -0.148. The number of hydroxylamine groups is 1. The molecule has 2 rings (SSSR count). The number of carbonyl (C=O) groups excluding carboxylic acids is 1. The van der Waals surface area contributed by atoms with Crippen LogP contribution in [0.5, 0.6) is 5.75 Å². The topological polar surface area (TPSA) is 70.0 Å². The minimum absolute atomic E-state index is 0.234. The summed E-state index contributed by atoms with van der Waals surface area (Å²) in [5.74, 6) is -0.615. The number of rotatable bonds is 0. The number of ether oxygens (including phenoxy) is 1. The Morgan fingerprint density at radius 1 is 1.38 bits per heavy atom. The van der Waals surface area contributed by atoms with Gasteiger partial charge in [-0.15, -0.1) is 0 Å². The predicted molar refractivity (Wildman–Crippen MR) is 42.3 cm³/mol. The molecule has 1 aromatic rings. The molecule has 1 aliphatic rings. The number of benzene rings is 1. The normalized spacial score (nSPS) is 20.9. The summed E-state index contributed by atoms with van der Waals surface area (Å²) in [6.07, 6.45) is -1.63. The van der Waals surface area contributed by atoms with Crippen LogP contribution in [0.4, 0.5) is 5.69 Å². The summed E-state index contributed by atoms with van der Waals surface area (Å²) in [6.45, 7) is 0. The van der Waals surface area contributed by atoms with Gasteiger partial charge in [0.1, 0.15) is 11.4 Å². The summed E-state index contributed by atoms with van der Waals surface area (Å²) in [4.78, 5) is 11.0. The van der Waals surface area contributed by atoms with E-state index in [2.05, 4.69) is 0 Å². The number of hydrogen-bond donors (Lipinski definition) is 2. The second-order valence-electron chi connectivity index (χ2n) is 2.59. The van der Waals surface area contributed by atoms with E-state index in [1.165, 1.54) is 6.07 Å². The molecule has 68 valence electrons. The highest BCUT2D eigenvalue weighted by Gasteiger charge is 2.31. The predicted octanol–water partition coefficient (Wildman–Crippen LogP) is 0.120. The van der Waals surface area contributed by atoms with E-state index in [1.54, 1.807) is 18.2 Å². The average molecular weight is 181 g/mol. The quantitative estimate of drug-likeness (QED) is 0.558. The molecule has 0 spiro atoms. The zero-order chi connectivity index (χ0) is 9.42. The van der Waals surface area contributed by atoms with Gasteiger partial charge in [-0.25, -0.2) is 0 Å². The van der Waals surface area contributed by atoms with Gasteiger partial charge >= 0.3 is 5.91 Å². The van der Waals surface area contributed by atoms with Crippen molar-refractivity contribution in [2.24, 2.45) is 0 Å². The number of aliphatic hydroxyl groups excluding tert-OH is 1. The third-order valence-electron chi connectivity index (χ3n) is 1.75. The number of anilines is 1. The van der Waals surface area contributed by atoms with Crippen molar-refractivity contribution in [3.05, 3.63) is 24.3 Å². The number of nitrogens with zero attached hydrogens (tertiary/aromatic N) is 1. The molecule has 5 nitrogen and oxygen atoms in total. The zero-order valence-electron chi connectivity index (χ0n) is 6.54. The third kappa shape index (κ3) is 1.14. The molecule has 0 saturated carbocycles.